The zero-order chi connectivity index (χ0) is 14.5. The number of aryl methyl sites for hydroxylation is 1. The molecule has 0 aliphatic carbocycles. The third-order valence-corrected chi connectivity index (χ3v) is 2.51. The van der Waals surface area contributed by atoms with Crippen LogP contribution in [0.5, 0.6) is 0 Å². The number of aromatic nitrogens is 6. The standard InChI is InChI=1S/C10H13N7O3/c1-16-6-12-14-8(16)2-3-11-10(20)7-4-17(15-13-7)5-9(18)19/h4,6H,2-3,5H2,1H3,(H,11,20)(H,18,19). The Morgan fingerprint density at radius 3 is 2.85 bits per heavy atom. The molecule has 0 bridgehead atoms. The molecule has 0 fully saturated rings. The van der Waals surface area contributed by atoms with Crippen molar-refractivity contribution in [2.24, 2.45) is 7.05 Å². The fourth-order valence-electron chi connectivity index (χ4n) is 1.53. The summed E-state index contributed by atoms with van der Waals surface area (Å²) in [5.74, 6) is -0.715. The third-order valence-electron chi connectivity index (χ3n) is 2.51. The van der Waals surface area contributed by atoms with Crippen LogP contribution >= 0.6 is 0 Å². The smallest absolute Gasteiger partial charge is 0.325 e. The fourth-order valence-corrected chi connectivity index (χ4v) is 1.53. The van der Waals surface area contributed by atoms with Gasteiger partial charge in [0.2, 0.25) is 0 Å². The van der Waals surface area contributed by atoms with E-state index in [9.17, 15) is 9.59 Å². The average molecular weight is 279 g/mol. The minimum atomic E-state index is -1.05. The lowest BCUT2D eigenvalue weighted by molar-refractivity contribution is -0.137. The number of nitrogens with zero attached hydrogens (tertiary/aromatic N) is 6. The second kappa shape index (κ2) is 5.91. The van der Waals surface area contributed by atoms with Crippen molar-refractivity contribution in [3.8, 4) is 0 Å². The molecule has 0 aliphatic rings. The molecule has 2 aromatic rings. The molecule has 2 rings (SSSR count). The van der Waals surface area contributed by atoms with Gasteiger partial charge in [0, 0.05) is 20.0 Å². The molecular formula is C10H13N7O3. The van der Waals surface area contributed by atoms with Gasteiger partial charge in [-0.15, -0.1) is 15.3 Å². The minimum Gasteiger partial charge on any atom is -0.480 e. The van der Waals surface area contributed by atoms with Crippen molar-refractivity contribution in [3.05, 3.63) is 24.0 Å². The lowest BCUT2D eigenvalue weighted by Gasteiger charge is -2.02. The summed E-state index contributed by atoms with van der Waals surface area (Å²) in [7, 11) is 1.81. The van der Waals surface area contributed by atoms with Crippen LogP contribution in [0.15, 0.2) is 12.5 Å². The van der Waals surface area contributed by atoms with Crippen molar-refractivity contribution in [2.45, 2.75) is 13.0 Å². The van der Waals surface area contributed by atoms with Crippen LogP contribution in [-0.2, 0) is 24.8 Å². The summed E-state index contributed by atoms with van der Waals surface area (Å²) in [6.45, 7) is 0.0381. The van der Waals surface area contributed by atoms with Crippen molar-refractivity contribution in [1.29, 1.82) is 0 Å². The Hall–Kier alpha value is -2.78. The summed E-state index contributed by atoms with van der Waals surface area (Å²) in [6.07, 6.45) is 3.39. The first-order valence-electron chi connectivity index (χ1n) is 5.79. The summed E-state index contributed by atoms with van der Waals surface area (Å²) in [4.78, 5) is 22.2. The number of carbonyl (C=O) groups excluding carboxylic acids is 1. The summed E-state index contributed by atoms with van der Waals surface area (Å²) >= 11 is 0. The Labute approximate surface area is 113 Å². The van der Waals surface area contributed by atoms with Crippen LogP contribution in [0.25, 0.3) is 0 Å². The maximum Gasteiger partial charge on any atom is 0.325 e. The van der Waals surface area contributed by atoms with Crippen LogP contribution in [0.3, 0.4) is 0 Å². The van der Waals surface area contributed by atoms with Crippen LogP contribution < -0.4 is 5.32 Å². The summed E-state index contributed by atoms with van der Waals surface area (Å²) in [5, 5.41) is 26.0. The lowest BCUT2D eigenvalue weighted by atomic mass is 10.3. The van der Waals surface area contributed by atoms with E-state index in [2.05, 4.69) is 25.8 Å². The predicted octanol–water partition coefficient (Wildman–Crippen LogP) is -1.54. The number of hydrogen-bond acceptors (Lipinski definition) is 6. The number of hydrogen-bond donors (Lipinski definition) is 2. The number of aliphatic carboxylic acids is 1. The van der Waals surface area contributed by atoms with Gasteiger partial charge in [-0.25, -0.2) is 4.68 Å². The molecule has 0 saturated carbocycles. The average Bonchev–Trinajstić information content (AvgIpc) is 2.98. The van der Waals surface area contributed by atoms with Crippen molar-refractivity contribution >= 4 is 11.9 Å². The van der Waals surface area contributed by atoms with Gasteiger partial charge in [-0.3, -0.25) is 9.59 Å². The number of carboxylic acids is 1. The molecule has 0 atom stereocenters. The van der Waals surface area contributed by atoms with Gasteiger partial charge < -0.3 is 15.0 Å². The molecule has 2 aromatic heterocycles. The molecule has 2 heterocycles. The second-order valence-corrected chi connectivity index (χ2v) is 4.06. The Morgan fingerprint density at radius 1 is 1.40 bits per heavy atom. The highest BCUT2D eigenvalue weighted by Gasteiger charge is 2.12. The third kappa shape index (κ3) is 3.37. The van der Waals surface area contributed by atoms with E-state index in [1.165, 1.54) is 6.20 Å². The van der Waals surface area contributed by atoms with Gasteiger partial charge in [0.15, 0.2) is 5.69 Å². The van der Waals surface area contributed by atoms with E-state index >= 15 is 0 Å². The molecule has 106 valence electrons. The van der Waals surface area contributed by atoms with Gasteiger partial charge in [-0.1, -0.05) is 5.21 Å². The first-order chi connectivity index (χ1) is 9.56. The zero-order valence-electron chi connectivity index (χ0n) is 10.7. The van der Waals surface area contributed by atoms with Crippen molar-refractivity contribution in [2.75, 3.05) is 6.54 Å². The second-order valence-electron chi connectivity index (χ2n) is 4.06. The van der Waals surface area contributed by atoms with Gasteiger partial charge in [-0.2, -0.15) is 0 Å². The molecule has 10 nitrogen and oxygen atoms in total. The highest BCUT2D eigenvalue weighted by Crippen LogP contribution is 1.95. The van der Waals surface area contributed by atoms with E-state index in [4.69, 9.17) is 5.11 Å². The maximum absolute atomic E-state index is 11.7. The topological polar surface area (TPSA) is 128 Å². The number of nitrogens with one attached hydrogen (secondary N) is 1. The number of rotatable bonds is 6. The largest absolute Gasteiger partial charge is 0.480 e. The first kappa shape index (κ1) is 13.6. The van der Waals surface area contributed by atoms with Gasteiger partial charge in [0.25, 0.3) is 5.91 Å². The molecule has 0 aromatic carbocycles. The highest BCUT2D eigenvalue weighted by molar-refractivity contribution is 5.91. The van der Waals surface area contributed by atoms with E-state index in [0.717, 1.165) is 10.5 Å². The Kier molecular flexibility index (Phi) is 4.03. The van der Waals surface area contributed by atoms with Crippen LogP contribution in [0, 0.1) is 0 Å². The normalized spacial score (nSPS) is 10.4. The van der Waals surface area contributed by atoms with Crippen LogP contribution in [-0.4, -0.2) is 53.3 Å². The van der Waals surface area contributed by atoms with Crippen LogP contribution in [0.1, 0.15) is 16.3 Å². The molecule has 0 unspecified atom stereocenters. The molecule has 2 N–H and O–H groups in total. The van der Waals surface area contributed by atoms with E-state index in [-0.39, 0.29) is 12.2 Å². The fraction of sp³-hybridized carbons (Fsp3) is 0.400. The SMILES string of the molecule is Cn1cnnc1CCNC(=O)c1cn(CC(=O)O)nn1. The van der Waals surface area contributed by atoms with Gasteiger partial charge in [-0.05, 0) is 0 Å². The Morgan fingerprint density at radius 2 is 2.20 bits per heavy atom. The summed E-state index contributed by atoms with van der Waals surface area (Å²) in [6, 6.07) is 0. The molecule has 10 heteroatoms. The monoisotopic (exact) mass is 279 g/mol. The Bertz CT molecular complexity index is 618. The number of amides is 1. The molecule has 0 radical (unpaired) electrons. The molecule has 20 heavy (non-hydrogen) atoms. The molecule has 0 aliphatic heterocycles. The van der Waals surface area contributed by atoms with Crippen LogP contribution in [0.4, 0.5) is 0 Å². The molecule has 0 saturated heterocycles. The predicted molar refractivity (Wildman–Crippen MR) is 64.7 cm³/mol. The highest BCUT2D eigenvalue weighted by atomic mass is 16.4. The van der Waals surface area contributed by atoms with Gasteiger partial charge in [0.1, 0.15) is 18.7 Å². The molecule has 0 spiro atoms. The van der Waals surface area contributed by atoms with E-state index < -0.39 is 11.9 Å². The van der Waals surface area contributed by atoms with Crippen LogP contribution in [0.2, 0.25) is 0 Å². The minimum absolute atomic E-state index is 0.0733. The van der Waals surface area contributed by atoms with Gasteiger partial charge >= 0.3 is 5.97 Å². The summed E-state index contributed by atoms with van der Waals surface area (Å²) in [5.41, 5.74) is 0.0733. The van der Waals surface area contributed by atoms with Crippen molar-refractivity contribution < 1.29 is 14.7 Å². The Balaban J connectivity index is 1.84. The van der Waals surface area contributed by atoms with Crippen molar-refractivity contribution in [3.63, 3.8) is 0 Å². The first-order valence-corrected chi connectivity index (χ1v) is 5.79. The number of carbonyl (C=O) groups is 2. The van der Waals surface area contributed by atoms with E-state index in [0.29, 0.717) is 13.0 Å². The quantitative estimate of drug-likeness (QED) is 0.656. The zero-order valence-corrected chi connectivity index (χ0v) is 10.7. The van der Waals surface area contributed by atoms with Gasteiger partial charge in [0.05, 0.1) is 6.20 Å². The molecule has 1 amide bonds. The maximum atomic E-state index is 11.7. The lowest BCUT2D eigenvalue weighted by Crippen LogP contribution is -2.26. The van der Waals surface area contributed by atoms with Crippen molar-refractivity contribution in [1.82, 2.24) is 35.1 Å². The summed E-state index contributed by atoms with van der Waals surface area (Å²) < 4.78 is 2.84. The van der Waals surface area contributed by atoms with E-state index in [1.54, 1.807) is 10.9 Å². The number of carboxylic acid groups (broad SMARTS) is 1. The molecular weight excluding hydrogens is 266 g/mol. The van der Waals surface area contributed by atoms with E-state index in [1.807, 2.05) is 7.05 Å².